The number of aliphatic hydroxyl groups is 1. The molecule has 2 aliphatic heterocycles. The third kappa shape index (κ3) is 4.15. The van der Waals surface area contributed by atoms with Crippen LogP contribution in [0.25, 0.3) is 0 Å². The van der Waals surface area contributed by atoms with Gasteiger partial charge in [0.2, 0.25) is 17.6 Å². The van der Waals surface area contributed by atoms with Gasteiger partial charge in [0.15, 0.2) is 33.0 Å². The van der Waals surface area contributed by atoms with Crippen molar-refractivity contribution in [2.24, 2.45) is 17.8 Å². The minimum absolute atomic E-state index is 0.0758. The molecule has 1 saturated carbocycles. The highest BCUT2D eigenvalue weighted by atomic mass is 35.5. The fourth-order valence-corrected chi connectivity index (χ4v) is 8.52. The zero-order valence-corrected chi connectivity index (χ0v) is 26.2. The Balaban J connectivity index is 1.39. The van der Waals surface area contributed by atoms with Gasteiger partial charge < -0.3 is 19.7 Å². The zero-order chi connectivity index (χ0) is 36.4. The molecule has 50 heavy (non-hydrogen) atoms. The molecular weight excluding hydrogens is 722 g/mol. The number of carboxylic acids is 1. The Bertz CT molecular complexity index is 2110. The molecule has 3 N–H and O–H groups in total. The predicted octanol–water partition coefficient (Wildman–Crippen LogP) is 4.64. The lowest BCUT2D eigenvalue weighted by molar-refractivity contribution is -0.125. The first-order chi connectivity index (χ1) is 23.5. The molecule has 18 heteroatoms. The molecular formula is C32H19Cl2F5N2O9. The highest BCUT2D eigenvalue weighted by Crippen LogP contribution is 2.66. The first kappa shape index (κ1) is 33.7. The van der Waals surface area contributed by atoms with Crippen LogP contribution in [0.3, 0.4) is 0 Å². The summed E-state index contributed by atoms with van der Waals surface area (Å²) in [5.41, 5.74) is -2.53. The summed E-state index contributed by atoms with van der Waals surface area (Å²) < 4.78 is 78.6. The number of hydrogen-bond acceptors (Lipinski definition) is 8. The maximum atomic E-state index is 15.1. The molecule has 6 unspecified atom stereocenters. The van der Waals surface area contributed by atoms with Gasteiger partial charge in [-0.25, -0.2) is 36.5 Å². The number of fused-ring (bicyclic) bond motifs is 4. The van der Waals surface area contributed by atoms with Crippen LogP contribution >= 0.6 is 23.2 Å². The first-order valence-electron chi connectivity index (χ1n) is 14.6. The van der Waals surface area contributed by atoms with Crippen molar-refractivity contribution in [3.63, 3.8) is 0 Å². The molecule has 3 heterocycles. The molecule has 260 valence electrons. The normalized spacial score (nSPS) is 28.9. The number of carboxylic acid groups (broad SMARTS) is 1. The third-order valence-electron chi connectivity index (χ3n) is 9.81. The van der Waals surface area contributed by atoms with E-state index in [-0.39, 0.29) is 34.1 Å². The molecule has 2 aromatic carbocycles. The summed E-state index contributed by atoms with van der Waals surface area (Å²) in [4.78, 5) is 62.4. The van der Waals surface area contributed by atoms with E-state index < -0.39 is 122 Å². The summed E-state index contributed by atoms with van der Waals surface area (Å²) in [6.45, 7) is -0.666. The topological polar surface area (TPSA) is 166 Å². The van der Waals surface area contributed by atoms with E-state index in [1.54, 1.807) is 0 Å². The molecule has 0 radical (unpaired) electrons. The van der Waals surface area contributed by atoms with E-state index in [9.17, 15) is 52.5 Å². The van der Waals surface area contributed by atoms with Crippen LogP contribution in [0.15, 0.2) is 46.4 Å². The molecule has 6 atom stereocenters. The summed E-state index contributed by atoms with van der Waals surface area (Å²) in [5, 5.41) is 29.2. The van der Waals surface area contributed by atoms with E-state index in [0.29, 0.717) is 4.90 Å². The number of phenols is 1. The molecule has 7 rings (SSSR count). The number of imide groups is 2. The first-order valence-corrected chi connectivity index (χ1v) is 15.4. The van der Waals surface area contributed by atoms with Gasteiger partial charge in [-0.3, -0.25) is 19.2 Å². The average molecular weight is 741 g/mol. The number of anilines is 2. The van der Waals surface area contributed by atoms with Crippen molar-refractivity contribution in [2.75, 3.05) is 9.80 Å². The lowest BCUT2D eigenvalue weighted by Crippen LogP contribution is -2.60. The number of nitrogens with zero attached hydrogens (tertiary/aromatic N) is 2. The van der Waals surface area contributed by atoms with Gasteiger partial charge in [-0.05, 0) is 43.0 Å². The van der Waals surface area contributed by atoms with Gasteiger partial charge in [0.1, 0.15) is 35.1 Å². The van der Waals surface area contributed by atoms with E-state index in [2.05, 4.69) is 0 Å². The number of rotatable bonds is 5. The van der Waals surface area contributed by atoms with Crippen LogP contribution in [0.2, 0.25) is 0 Å². The summed E-state index contributed by atoms with van der Waals surface area (Å²) in [6, 6.07) is 5.48. The number of benzene rings is 2. The summed E-state index contributed by atoms with van der Waals surface area (Å²) in [6.07, 6.45) is 0.505. The number of allylic oxidation sites excluding steroid dienone is 2. The van der Waals surface area contributed by atoms with Gasteiger partial charge in [-0.1, -0.05) is 11.6 Å². The Morgan fingerprint density at radius 2 is 1.52 bits per heavy atom. The van der Waals surface area contributed by atoms with Crippen LogP contribution in [-0.2, 0) is 25.8 Å². The number of aromatic carboxylic acids is 1. The molecule has 0 spiro atoms. The maximum Gasteiger partial charge on any atom is 0.339 e. The van der Waals surface area contributed by atoms with Crippen LogP contribution in [-0.4, -0.2) is 54.7 Å². The van der Waals surface area contributed by atoms with Gasteiger partial charge in [-0.15, -0.1) is 23.2 Å². The third-order valence-corrected chi connectivity index (χ3v) is 11.2. The highest BCUT2D eigenvalue weighted by molar-refractivity contribution is 6.58. The number of aromatic hydroxyl groups is 1. The number of hydrogen-bond donors (Lipinski definition) is 3. The Kier molecular flexibility index (Phi) is 7.48. The van der Waals surface area contributed by atoms with Crippen molar-refractivity contribution in [2.45, 2.75) is 35.1 Å². The molecule has 3 fully saturated rings. The van der Waals surface area contributed by atoms with Gasteiger partial charge in [0.05, 0.1) is 23.4 Å². The monoisotopic (exact) mass is 740 g/mol. The number of furan rings is 1. The van der Waals surface area contributed by atoms with Crippen molar-refractivity contribution in [1.82, 2.24) is 0 Å². The van der Waals surface area contributed by atoms with Crippen molar-refractivity contribution >= 4 is 64.2 Å². The second-order valence-corrected chi connectivity index (χ2v) is 13.4. The van der Waals surface area contributed by atoms with E-state index >= 15 is 8.78 Å². The summed E-state index contributed by atoms with van der Waals surface area (Å²) in [5.74, 6) is -25.5. The number of carbonyl (C=O) groups is 5. The van der Waals surface area contributed by atoms with Gasteiger partial charge in [-0.2, -0.15) is 0 Å². The fourth-order valence-electron chi connectivity index (χ4n) is 7.61. The lowest BCUT2D eigenvalue weighted by atomic mass is 9.57. The number of alkyl halides is 2. The largest absolute Gasteiger partial charge is 0.507 e. The highest BCUT2D eigenvalue weighted by Gasteiger charge is 2.77. The molecule has 0 bridgehead atoms. The fraction of sp³-hybridized carbons (Fsp3) is 0.281. The van der Waals surface area contributed by atoms with E-state index in [1.807, 2.05) is 0 Å². The molecule has 11 nitrogen and oxygen atoms in total. The SMILES string of the molecule is O=C(O)c1ccc(N2C(=O)C3CC=C4C(CC5(Cl)C(=O)N(c6c(F)c(F)c(F)c(F)c6F)C(=O)C5(Cl)C4c4ccc(CO)o4)C3C2=O)cc1O. The van der Waals surface area contributed by atoms with Gasteiger partial charge >= 0.3 is 5.97 Å². The lowest BCUT2D eigenvalue weighted by Gasteiger charge is -2.49. The molecule has 2 aliphatic carbocycles. The van der Waals surface area contributed by atoms with Crippen molar-refractivity contribution in [1.29, 1.82) is 0 Å². The Morgan fingerprint density at radius 1 is 0.880 bits per heavy atom. The van der Waals surface area contributed by atoms with E-state index in [4.69, 9.17) is 27.6 Å². The molecule has 4 aliphatic rings. The zero-order valence-electron chi connectivity index (χ0n) is 24.7. The standard InChI is InChI=1S/C32H19Cl2F5N2O9/c33-31-8-15-12(4-5-14-18(15)27(45)40(26(14)44)10-1-3-13(28(46)47)16(43)7-10)19(17-6-2-11(9-42)50-17)32(31,34)30(49)41(29(31)48)25-23(38)21(36)20(35)22(37)24(25)39/h1-4,6-7,14-15,18-19,42-43H,5,8-9H2,(H,46,47). The van der Waals surface area contributed by atoms with Crippen LogP contribution in [0.4, 0.5) is 33.3 Å². The maximum absolute atomic E-state index is 15.1. The second-order valence-electron chi connectivity index (χ2n) is 12.2. The minimum Gasteiger partial charge on any atom is -0.507 e. The predicted molar refractivity (Wildman–Crippen MR) is 159 cm³/mol. The Labute approximate surface area is 286 Å². The second kappa shape index (κ2) is 11.1. The summed E-state index contributed by atoms with van der Waals surface area (Å²) in [7, 11) is 0. The smallest absolute Gasteiger partial charge is 0.339 e. The van der Waals surface area contributed by atoms with Crippen LogP contribution in [0, 0.1) is 46.8 Å². The molecule has 1 aromatic heterocycles. The molecule has 3 aromatic rings. The molecule has 2 saturated heterocycles. The summed E-state index contributed by atoms with van der Waals surface area (Å²) >= 11 is 14.0. The van der Waals surface area contributed by atoms with Crippen molar-refractivity contribution < 1.29 is 65.7 Å². The van der Waals surface area contributed by atoms with Crippen LogP contribution < -0.4 is 9.80 Å². The molecule has 4 amide bonds. The van der Waals surface area contributed by atoms with E-state index in [1.165, 1.54) is 18.2 Å². The van der Waals surface area contributed by atoms with E-state index in [0.717, 1.165) is 18.2 Å². The Morgan fingerprint density at radius 3 is 2.10 bits per heavy atom. The minimum atomic E-state index is -2.80. The average Bonchev–Trinajstić information content (AvgIpc) is 3.69. The number of aliphatic hydroxyl groups excluding tert-OH is 1. The van der Waals surface area contributed by atoms with Gasteiger partial charge in [0, 0.05) is 6.07 Å². The number of halogens is 7. The van der Waals surface area contributed by atoms with Crippen molar-refractivity contribution in [3.8, 4) is 5.75 Å². The Hall–Kier alpha value is -4.80. The quantitative estimate of drug-likeness (QED) is 0.0844. The number of amides is 4. The number of carbonyl (C=O) groups excluding carboxylic acids is 4. The van der Waals surface area contributed by atoms with Crippen LogP contribution in [0.5, 0.6) is 5.75 Å². The van der Waals surface area contributed by atoms with Crippen LogP contribution in [0.1, 0.15) is 40.6 Å². The van der Waals surface area contributed by atoms with Gasteiger partial charge in [0.25, 0.3) is 11.8 Å². The van der Waals surface area contributed by atoms with Crippen molar-refractivity contribution in [3.05, 3.63) is 88.2 Å².